The molecular weight excluding hydrogens is 226 g/mol. The number of methoxy groups -OCH3 is 1. The Labute approximate surface area is 111 Å². The molecule has 0 radical (unpaired) electrons. The topological polar surface area (TPSA) is 48.3 Å². The van der Waals surface area contributed by atoms with Gasteiger partial charge in [0, 0.05) is 13.7 Å². The van der Waals surface area contributed by atoms with Gasteiger partial charge in [0.25, 0.3) is 0 Å². The van der Waals surface area contributed by atoms with Crippen LogP contribution in [0.1, 0.15) is 33.1 Å². The quantitative estimate of drug-likeness (QED) is 0.714. The van der Waals surface area contributed by atoms with Crippen molar-refractivity contribution in [3.8, 4) is 6.07 Å². The van der Waals surface area contributed by atoms with Gasteiger partial charge in [0.1, 0.15) is 5.54 Å². The number of rotatable bonds is 8. The minimum absolute atomic E-state index is 0.361. The number of nitriles is 1. The molecule has 1 aliphatic heterocycles. The van der Waals surface area contributed by atoms with Gasteiger partial charge in [-0.3, -0.25) is 5.32 Å². The van der Waals surface area contributed by atoms with Crippen molar-refractivity contribution >= 4 is 0 Å². The minimum atomic E-state index is -0.361. The molecule has 1 fully saturated rings. The molecule has 4 nitrogen and oxygen atoms in total. The Morgan fingerprint density at radius 2 is 2.33 bits per heavy atom. The van der Waals surface area contributed by atoms with Gasteiger partial charge in [-0.05, 0) is 51.7 Å². The van der Waals surface area contributed by atoms with Crippen molar-refractivity contribution in [1.82, 2.24) is 10.2 Å². The van der Waals surface area contributed by atoms with E-state index in [1.807, 2.05) is 13.8 Å². The molecule has 0 aromatic heterocycles. The van der Waals surface area contributed by atoms with E-state index in [4.69, 9.17) is 4.74 Å². The predicted molar refractivity (Wildman–Crippen MR) is 73.4 cm³/mol. The van der Waals surface area contributed by atoms with Crippen LogP contribution in [0.3, 0.4) is 0 Å². The van der Waals surface area contributed by atoms with Crippen molar-refractivity contribution in [2.75, 3.05) is 39.9 Å². The number of nitrogens with zero attached hydrogens (tertiary/aromatic N) is 2. The second-order valence-electron chi connectivity index (χ2n) is 5.49. The summed E-state index contributed by atoms with van der Waals surface area (Å²) in [6.07, 6.45) is 3.25. The third-order valence-electron chi connectivity index (χ3n) is 3.74. The van der Waals surface area contributed by atoms with Crippen LogP contribution in [0.15, 0.2) is 0 Å². The molecule has 2 unspecified atom stereocenters. The number of nitrogens with one attached hydrogen (secondary N) is 1. The summed E-state index contributed by atoms with van der Waals surface area (Å²) in [5.74, 6) is 0.700. The van der Waals surface area contributed by atoms with Crippen LogP contribution < -0.4 is 5.32 Å². The first-order valence-corrected chi connectivity index (χ1v) is 7.01. The summed E-state index contributed by atoms with van der Waals surface area (Å²) in [6, 6.07) is 2.38. The summed E-state index contributed by atoms with van der Waals surface area (Å²) in [5.41, 5.74) is -0.361. The summed E-state index contributed by atoms with van der Waals surface area (Å²) in [5, 5.41) is 12.4. The molecule has 4 heteroatoms. The molecule has 1 saturated heterocycles. The molecule has 0 amide bonds. The van der Waals surface area contributed by atoms with E-state index >= 15 is 0 Å². The molecule has 0 aromatic rings. The highest BCUT2D eigenvalue weighted by Gasteiger charge is 2.24. The summed E-state index contributed by atoms with van der Waals surface area (Å²) in [7, 11) is 1.78. The minimum Gasteiger partial charge on any atom is -0.384 e. The van der Waals surface area contributed by atoms with Gasteiger partial charge >= 0.3 is 0 Å². The van der Waals surface area contributed by atoms with Gasteiger partial charge in [0.15, 0.2) is 0 Å². The Morgan fingerprint density at radius 3 is 2.94 bits per heavy atom. The lowest BCUT2D eigenvalue weighted by molar-refractivity contribution is 0.153. The maximum absolute atomic E-state index is 9.18. The Balaban J connectivity index is 2.20. The summed E-state index contributed by atoms with van der Waals surface area (Å²) in [6.45, 7) is 9.20. The van der Waals surface area contributed by atoms with Crippen molar-refractivity contribution < 1.29 is 4.74 Å². The molecule has 18 heavy (non-hydrogen) atoms. The van der Waals surface area contributed by atoms with Crippen molar-refractivity contribution in [2.45, 2.75) is 38.6 Å². The second kappa shape index (κ2) is 7.73. The molecule has 0 bridgehead atoms. The molecule has 1 N–H and O–H groups in total. The van der Waals surface area contributed by atoms with Crippen molar-refractivity contribution in [2.24, 2.45) is 5.92 Å². The standard InChI is InChI=1S/C14H27N3O/c1-4-16-14(2,12-15)7-5-8-17-9-6-13(10-17)11-18-3/h13,16H,4-11H2,1-3H3. The normalized spacial score (nSPS) is 23.8. The van der Waals surface area contributed by atoms with Crippen LogP contribution in [0.5, 0.6) is 0 Å². The van der Waals surface area contributed by atoms with Gasteiger partial charge in [0.2, 0.25) is 0 Å². The molecule has 2 atom stereocenters. The first-order valence-electron chi connectivity index (χ1n) is 7.01. The highest BCUT2D eigenvalue weighted by atomic mass is 16.5. The predicted octanol–water partition coefficient (Wildman–Crippen LogP) is 1.63. The van der Waals surface area contributed by atoms with Gasteiger partial charge in [-0.25, -0.2) is 0 Å². The molecule has 1 rings (SSSR count). The third-order valence-corrected chi connectivity index (χ3v) is 3.74. The fraction of sp³-hybridized carbons (Fsp3) is 0.929. The van der Waals surface area contributed by atoms with Crippen LogP contribution >= 0.6 is 0 Å². The fourth-order valence-corrected chi connectivity index (χ4v) is 2.72. The maximum atomic E-state index is 9.18. The number of hydrogen-bond acceptors (Lipinski definition) is 4. The summed E-state index contributed by atoms with van der Waals surface area (Å²) >= 11 is 0. The molecule has 1 heterocycles. The lowest BCUT2D eigenvalue weighted by atomic mass is 9.97. The van der Waals surface area contributed by atoms with Crippen molar-refractivity contribution in [3.63, 3.8) is 0 Å². The van der Waals surface area contributed by atoms with E-state index in [9.17, 15) is 5.26 Å². The van der Waals surface area contributed by atoms with E-state index in [1.165, 1.54) is 13.0 Å². The highest BCUT2D eigenvalue weighted by molar-refractivity contribution is 5.03. The number of hydrogen-bond donors (Lipinski definition) is 1. The Kier molecular flexibility index (Phi) is 6.62. The average molecular weight is 253 g/mol. The summed E-state index contributed by atoms with van der Waals surface area (Å²) in [4.78, 5) is 2.49. The number of ether oxygens (including phenoxy) is 1. The Hall–Kier alpha value is -0.630. The fourth-order valence-electron chi connectivity index (χ4n) is 2.72. The van der Waals surface area contributed by atoms with Crippen molar-refractivity contribution in [1.29, 1.82) is 5.26 Å². The SMILES string of the molecule is CCNC(C)(C#N)CCCN1CCC(COC)C1. The molecule has 0 aromatic carbocycles. The molecule has 0 spiro atoms. The second-order valence-corrected chi connectivity index (χ2v) is 5.49. The van der Waals surface area contributed by atoms with E-state index in [2.05, 4.69) is 16.3 Å². The molecule has 0 aliphatic carbocycles. The van der Waals surface area contributed by atoms with Gasteiger partial charge in [-0.1, -0.05) is 6.92 Å². The largest absolute Gasteiger partial charge is 0.384 e. The van der Waals surface area contributed by atoms with Gasteiger partial charge < -0.3 is 9.64 Å². The third kappa shape index (κ3) is 4.93. The highest BCUT2D eigenvalue weighted by Crippen LogP contribution is 2.18. The van der Waals surface area contributed by atoms with Gasteiger partial charge in [-0.15, -0.1) is 0 Å². The van der Waals surface area contributed by atoms with E-state index < -0.39 is 0 Å². The Morgan fingerprint density at radius 1 is 1.56 bits per heavy atom. The zero-order valence-corrected chi connectivity index (χ0v) is 12.0. The lowest BCUT2D eigenvalue weighted by Gasteiger charge is -2.24. The lowest BCUT2D eigenvalue weighted by Crippen LogP contribution is -2.41. The molecule has 0 saturated carbocycles. The van der Waals surface area contributed by atoms with Crippen LogP contribution in [0, 0.1) is 17.2 Å². The molecular formula is C14H27N3O. The molecule has 1 aliphatic rings. The van der Waals surface area contributed by atoms with Crippen LogP contribution in [-0.2, 0) is 4.74 Å². The first-order chi connectivity index (χ1) is 8.63. The zero-order valence-electron chi connectivity index (χ0n) is 12.0. The number of likely N-dealkylation sites (tertiary alicyclic amines) is 1. The average Bonchev–Trinajstić information content (AvgIpc) is 2.78. The van der Waals surface area contributed by atoms with Crippen molar-refractivity contribution in [3.05, 3.63) is 0 Å². The van der Waals surface area contributed by atoms with Crippen LogP contribution in [0.2, 0.25) is 0 Å². The van der Waals surface area contributed by atoms with Crippen LogP contribution in [0.25, 0.3) is 0 Å². The first kappa shape index (κ1) is 15.4. The zero-order chi connectivity index (χ0) is 13.4. The smallest absolute Gasteiger partial charge is 0.103 e. The Bertz CT molecular complexity index is 277. The monoisotopic (exact) mass is 253 g/mol. The van der Waals surface area contributed by atoms with E-state index in [1.54, 1.807) is 7.11 Å². The van der Waals surface area contributed by atoms with E-state index in [-0.39, 0.29) is 5.54 Å². The van der Waals surface area contributed by atoms with E-state index in [0.29, 0.717) is 5.92 Å². The van der Waals surface area contributed by atoms with Crippen LogP contribution in [0.4, 0.5) is 0 Å². The van der Waals surface area contributed by atoms with Crippen LogP contribution in [-0.4, -0.2) is 50.3 Å². The van der Waals surface area contributed by atoms with E-state index in [0.717, 1.165) is 39.1 Å². The maximum Gasteiger partial charge on any atom is 0.103 e. The molecule has 104 valence electrons. The van der Waals surface area contributed by atoms with Gasteiger partial charge in [-0.2, -0.15) is 5.26 Å². The van der Waals surface area contributed by atoms with Gasteiger partial charge in [0.05, 0.1) is 12.7 Å². The summed E-state index contributed by atoms with van der Waals surface area (Å²) < 4.78 is 5.20.